The maximum Gasteiger partial charge on any atom is 0.143 e. The molecule has 0 N–H and O–H groups in total. The highest BCUT2D eigenvalue weighted by Crippen LogP contribution is 2.46. The number of hydrogen-bond acceptors (Lipinski definition) is 2. The van der Waals surface area contributed by atoms with Crippen molar-refractivity contribution in [2.75, 3.05) is 4.90 Å². The molecule has 1 heterocycles. The average molecular weight is 794 g/mol. The van der Waals surface area contributed by atoms with Crippen LogP contribution in [0.15, 0.2) is 241 Å². The van der Waals surface area contributed by atoms with E-state index in [4.69, 9.17) is 4.42 Å². The Morgan fingerprint density at radius 1 is 0.306 bits per heavy atom. The summed E-state index contributed by atoms with van der Waals surface area (Å²) in [6.07, 6.45) is 0. The van der Waals surface area contributed by atoms with Gasteiger partial charge in [0, 0.05) is 38.7 Å². The lowest BCUT2D eigenvalue weighted by atomic mass is 9.96. The van der Waals surface area contributed by atoms with Crippen LogP contribution in [0, 0.1) is 0 Å². The third kappa shape index (κ3) is 6.12. The van der Waals surface area contributed by atoms with Gasteiger partial charge in [-0.1, -0.05) is 194 Å². The molecule has 0 amide bonds. The molecule has 62 heavy (non-hydrogen) atoms. The van der Waals surface area contributed by atoms with Gasteiger partial charge >= 0.3 is 0 Å². The largest absolute Gasteiger partial charge is 0.455 e. The fourth-order valence-corrected chi connectivity index (χ4v) is 9.05. The second-order valence-electron chi connectivity index (χ2n) is 15.7. The fourth-order valence-electron chi connectivity index (χ4n) is 9.05. The number of benzene rings is 11. The first-order valence-corrected chi connectivity index (χ1v) is 20.9. The van der Waals surface area contributed by atoms with Crippen LogP contribution in [0.5, 0.6) is 0 Å². The minimum atomic E-state index is -0.147. The van der Waals surface area contributed by atoms with Gasteiger partial charge in [-0.3, -0.25) is 0 Å². The summed E-state index contributed by atoms with van der Waals surface area (Å²) in [6, 6.07) is 71.2. The molecule has 0 radical (unpaired) electrons. The van der Waals surface area contributed by atoms with Crippen LogP contribution in [0.3, 0.4) is 0 Å². The van der Waals surface area contributed by atoms with Gasteiger partial charge in [0.2, 0.25) is 0 Å². The molecule has 0 aliphatic carbocycles. The summed E-state index contributed by atoms with van der Waals surface area (Å²) in [7, 11) is 0. The highest BCUT2D eigenvalue weighted by Gasteiger charge is 2.21. The highest BCUT2D eigenvalue weighted by molar-refractivity contribution is 6.17. The zero-order chi connectivity index (χ0) is 44.5. The van der Waals surface area contributed by atoms with Gasteiger partial charge in [-0.15, -0.1) is 0 Å². The minimum Gasteiger partial charge on any atom is -0.455 e. The van der Waals surface area contributed by atoms with Crippen LogP contribution < -0.4 is 4.90 Å². The number of anilines is 3. The predicted molar refractivity (Wildman–Crippen MR) is 263 cm³/mol. The lowest BCUT2D eigenvalue weighted by molar-refractivity contribution is 0.674. The van der Waals surface area contributed by atoms with E-state index in [9.17, 15) is 5.48 Å². The maximum atomic E-state index is 9.78. The molecule has 0 unspecified atom stereocenters. The Hall–Kier alpha value is -8.20. The zero-order valence-corrected chi connectivity index (χ0v) is 33.6. The van der Waals surface area contributed by atoms with E-state index in [0.29, 0.717) is 16.9 Å². The van der Waals surface area contributed by atoms with E-state index in [1.807, 2.05) is 120 Å². The summed E-state index contributed by atoms with van der Waals surface area (Å²) in [4.78, 5) is 1.88. The fraction of sp³-hybridized carbons (Fsp3) is 0. The van der Waals surface area contributed by atoms with Crippen molar-refractivity contribution >= 4 is 71.3 Å². The molecule has 12 rings (SSSR count). The van der Waals surface area contributed by atoms with Gasteiger partial charge in [-0.2, -0.15) is 0 Å². The van der Waals surface area contributed by atoms with Crippen LogP contribution in [0.25, 0.3) is 98.8 Å². The number of rotatable bonds is 7. The van der Waals surface area contributed by atoms with Gasteiger partial charge in [-0.05, 0) is 103 Å². The third-order valence-corrected chi connectivity index (χ3v) is 12.1. The molecule has 0 aliphatic heterocycles. The average Bonchev–Trinajstić information content (AvgIpc) is 3.77. The Morgan fingerprint density at radius 3 is 1.66 bits per heavy atom. The highest BCUT2D eigenvalue weighted by atomic mass is 16.3. The van der Waals surface area contributed by atoms with Crippen molar-refractivity contribution in [3.63, 3.8) is 0 Å². The van der Waals surface area contributed by atoms with E-state index in [-0.39, 0.29) is 35.4 Å². The smallest absolute Gasteiger partial charge is 0.143 e. The summed E-state index contributed by atoms with van der Waals surface area (Å²) in [5, 5.41) is 8.72. The molecule has 290 valence electrons. The number of furan rings is 1. The first-order chi connectivity index (χ1) is 32.4. The molecule has 0 bridgehead atoms. The van der Waals surface area contributed by atoms with Gasteiger partial charge in [-0.25, -0.2) is 0 Å². The number of hydrogen-bond donors (Lipinski definition) is 0. The van der Waals surface area contributed by atoms with E-state index >= 15 is 0 Å². The monoisotopic (exact) mass is 793 g/mol. The number of para-hydroxylation sites is 2. The summed E-state index contributed by atoms with van der Waals surface area (Å²) in [5.74, 6) is 0. The molecular weight excluding hydrogens is 751 g/mol. The summed E-state index contributed by atoms with van der Waals surface area (Å²) in [5.41, 5.74) is 9.74. The van der Waals surface area contributed by atoms with E-state index in [1.165, 1.54) is 5.39 Å². The van der Waals surface area contributed by atoms with Crippen molar-refractivity contribution in [1.29, 1.82) is 0 Å². The van der Waals surface area contributed by atoms with Crippen LogP contribution in [-0.4, -0.2) is 0 Å². The predicted octanol–water partition coefficient (Wildman–Crippen LogP) is 17.2. The number of fused-ring (bicyclic) bond motifs is 7. The van der Waals surface area contributed by atoms with Crippen molar-refractivity contribution in [2.24, 2.45) is 0 Å². The second kappa shape index (κ2) is 14.8. The molecule has 0 atom stereocenters. The van der Waals surface area contributed by atoms with E-state index in [1.54, 1.807) is 0 Å². The Morgan fingerprint density at radius 2 is 0.839 bits per heavy atom. The molecule has 0 fully saturated rings. The van der Waals surface area contributed by atoms with Crippen LogP contribution in [-0.2, 0) is 0 Å². The van der Waals surface area contributed by atoms with Crippen LogP contribution in [0.4, 0.5) is 17.1 Å². The molecule has 0 saturated heterocycles. The van der Waals surface area contributed by atoms with Gasteiger partial charge in [0.1, 0.15) is 11.2 Å². The van der Waals surface area contributed by atoms with E-state index in [0.717, 1.165) is 82.3 Å². The minimum absolute atomic E-state index is 0.120. The third-order valence-electron chi connectivity index (χ3n) is 12.1. The van der Waals surface area contributed by atoms with Gasteiger partial charge in [0.05, 0.1) is 11.2 Å². The van der Waals surface area contributed by atoms with Crippen molar-refractivity contribution in [2.45, 2.75) is 0 Å². The van der Waals surface area contributed by atoms with Gasteiger partial charge < -0.3 is 9.32 Å². The first kappa shape index (κ1) is 31.7. The van der Waals surface area contributed by atoms with E-state index in [2.05, 4.69) is 97.1 Å². The van der Waals surface area contributed by atoms with Crippen molar-refractivity contribution < 1.29 is 9.90 Å². The molecule has 12 aromatic rings. The van der Waals surface area contributed by atoms with Crippen LogP contribution in [0.2, 0.25) is 0 Å². The lowest BCUT2D eigenvalue weighted by Gasteiger charge is -2.28. The van der Waals surface area contributed by atoms with Crippen molar-refractivity contribution in [3.05, 3.63) is 236 Å². The van der Waals surface area contributed by atoms with Crippen molar-refractivity contribution in [1.82, 2.24) is 0 Å². The Bertz CT molecular complexity index is 3840. The summed E-state index contributed by atoms with van der Waals surface area (Å²) < 4.78 is 45.6. The zero-order valence-electron chi connectivity index (χ0n) is 37.6. The standard InChI is InChI=1S/C60H39NO/c1-2-14-47-39-48(28-25-40(47)11-1)43-31-36-50(37-32-43)61(49-34-29-42(30-35-49)41-23-26-46(27-24-41)52-19-9-15-44-12-3-5-16-51(44)52)58-22-8-7-18-54(58)55-20-10-21-56-57-38-33-45-13-4-6-17-53(45)59(57)62-60(55)56/h1-39H/i29D,30D,34D,35D. The Kier molecular flexibility index (Phi) is 7.57. The molecule has 0 spiro atoms. The normalized spacial score (nSPS) is 12.5. The number of nitrogens with zero attached hydrogens (tertiary/aromatic N) is 1. The lowest BCUT2D eigenvalue weighted by Crippen LogP contribution is -2.11. The molecule has 2 heteroatoms. The van der Waals surface area contributed by atoms with E-state index < -0.39 is 0 Å². The molecular formula is C60H39NO. The molecule has 0 saturated carbocycles. The van der Waals surface area contributed by atoms with Crippen LogP contribution >= 0.6 is 0 Å². The van der Waals surface area contributed by atoms with Crippen LogP contribution in [0.1, 0.15) is 5.48 Å². The molecule has 2 nitrogen and oxygen atoms in total. The molecule has 1 aromatic heterocycles. The quantitative estimate of drug-likeness (QED) is 0.160. The summed E-state index contributed by atoms with van der Waals surface area (Å²) >= 11 is 0. The van der Waals surface area contributed by atoms with Gasteiger partial charge in [0.15, 0.2) is 0 Å². The van der Waals surface area contributed by atoms with Gasteiger partial charge in [0.25, 0.3) is 0 Å². The maximum absolute atomic E-state index is 9.78. The Balaban J connectivity index is 1.03. The Labute approximate surface area is 365 Å². The molecule has 11 aromatic carbocycles. The SMILES string of the molecule is [2H]c1c([2H])c(N(c2ccc(-c3ccc4ccccc4c3)cc2)c2ccccc2-c2cccc3c2oc2c4ccccc4ccc32)c([2H])c([2H])c1-c1ccc(-c2cccc3ccccc23)cc1. The first-order valence-electron chi connectivity index (χ1n) is 22.9. The summed E-state index contributed by atoms with van der Waals surface area (Å²) in [6.45, 7) is 0. The topological polar surface area (TPSA) is 16.4 Å². The molecule has 0 aliphatic rings. The second-order valence-corrected chi connectivity index (χ2v) is 15.7. The van der Waals surface area contributed by atoms with Crippen molar-refractivity contribution in [3.8, 4) is 44.5 Å².